The monoisotopic (exact) mass is 442 g/mol. The van der Waals surface area contributed by atoms with Gasteiger partial charge in [0.25, 0.3) is 5.91 Å². The number of halogens is 2. The Morgan fingerprint density at radius 1 is 1.04 bits per heavy atom. The molecular formula is C19H20Cl2N2O4S. The predicted molar refractivity (Wildman–Crippen MR) is 110 cm³/mol. The SMILES string of the molecule is O=C(COc1cc(Cl)ccc1Cl)Nc1ccc(S(=O)(=O)N2CCCCC2)cc1. The lowest BCUT2D eigenvalue weighted by atomic mass is 10.2. The van der Waals surface area contributed by atoms with Gasteiger partial charge in [0.1, 0.15) is 5.75 Å². The number of nitrogens with one attached hydrogen (secondary N) is 1. The highest BCUT2D eigenvalue weighted by Crippen LogP contribution is 2.27. The van der Waals surface area contributed by atoms with Gasteiger partial charge in [-0.05, 0) is 49.2 Å². The molecule has 1 amide bonds. The van der Waals surface area contributed by atoms with E-state index in [1.54, 1.807) is 24.3 Å². The normalized spacial score (nSPS) is 15.2. The summed E-state index contributed by atoms with van der Waals surface area (Å²) in [7, 11) is -3.49. The van der Waals surface area contributed by atoms with E-state index in [1.807, 2.05) is 0 Å². The first-order chi connectivity index (χ1) is 13.4. The lowest BCUT2D eigenvalue weighted by Gasteiger charge is -2.25. The second kappa shape index (κ2) is 9.13. The van der Waals surface area contributed by atoms with Gasteiger partial charge in [-0.2, -0.15) is 4.31 Å². The summed E-state index contributed by atoms with van der Waals surface area (Å²) in [6, 6.07) is 10.8. The molecule has 9 heteroatoms. The van der Waals surface area contributed by atoms with Gasteiger partial charge in [-0.15, -0.1) is 0 Å². The Balaban J connectivity index is 1.59. The third kappa shape index (κ3) is 5.17. The van der Waals surface area contributed by atoms with Gasteiger partial charge in [0, 0.05) is 29.9 Å². The first kappa shape index (κ1) is 20.9. The Hall–Kier alpha value is -1.80. The number of carbonyl (C=O) groups is 1. The molecule has 0 aromatic heterocycles. The van der Waals surface area contributed by atoms with E-state index in [-0.39, 0.29) is 11.5 Å². The van der Waals surface area contributed by atoms with Gasteiger partial charge >= 0.3 is 0 Å². The molecule has 0 atom stereocenters. The molecule has 0 unspecified atom stereocenters. The summed E-state index contributed by atoms with van der Waals surface area (Å²) in [4.78, 5) is 12.3. The average molecular weight is 443 g/mol. The summed E-state index contributed by atoms with van der Waals surface area (Å²) in [6.07, 6.45) is 2.81. The van der Waals surface area contributed by atoms with Crippen LogP contribution in [-0.4, -0.2) is 38.3 Å². The number of rotatable bonds is 6. The van der Waals surface area contributed by atoms with Crippen molar-refractivity contribution in [2.75, 3.05) is 25.0 Å². The van der Waals surface area contributed by atoms with Gasteiger partial charge in [0.2, 0.25) is 10.0 Å². The molecule has 0 aliphatic carbocycles. The van der Waals surface area contributed by atoms with E-state index in [2.05, 4.69) is 5.32 Å². The number of hydrogen-bond acceptors (Lipinski definition) is 4. The summed E-state index contributed by atoms with van der Waals surface area (Å²) in [6.45, 7) is 0.836. The highest BCUT2D eigenvalue weighted by Gasteiger charge is 2.25. The van der Waals surface area contributed by atoms with Crippen molar-refractivity contribution in [3.63, 3.8) is 0 Å². The predicted octanol–water partition coefficient (Wildman–Crippen LogP) is 4.19. The van der Waals surface area contributed by atoms with Crippen LogP contribution in [-0.2, 0) is 14.8 Å². The summed E-state index contributed by atoms with van der Waals surface area (Å²) >= 11 is 11.9. The molecule has 1 heterocycles. The first-order valence-electron chi connectivity index (χ1n) is 8.84. The van der Waals surface area contributed by atoms with Crippen LogP contribution in [0.2, 0.25) is 10.0 Å². The van der Waals surface area contributed by atoms with E-state index in [0.29, 0.717) is 34.6 Å². The lowest BCUT2D eigenvalue weighted by molar-refractivity contribution is -0.118. The molecule has 2 aromatic rings. The summed E-state index contributed by atoms with van der Waals surface area (Å²) < 4.78 is 32.2. The van der Waals surface area contributed by atoms with E-state index >= 15 is 0 Å². The number of hydrogen-bond donors (Lipinski definition) is 1. The van der Waals surface area contributed by atoms with Gasteiger partial charge in [0.15, 0.2) is 6.61 Å². The number of ether oxygens (including phenoxy) is 1. The zero-order valence-corrected chi connectivity index (χ0v) is 17.4. The molecule has 1 saturated heterocycles. The van der Waals surface area contributed by atoms with Crippen LogP contribution in [0.5, 0.6) is 5.75 Å². The van der Waals surface area contributed by atoms with Crippen molar-refractivity contribution in [3.05, 3.63) is 52.5 Å². The molecule has 0 bridgehead atoms. The molecule has 0 saturated carbocycles. The van der Waals surface area contributed by atoms with Gasteiger partial charge < -0.3 is 10.1 Å². The van der Waals surface area contributed by atoms with Crippen molar-refractivity contribution in [2.24, 2.45) is 0 Å². The zero-order chi connectivity index (χ0) is 20.1. The minimum atomic E-state index is -3.49. The highest BCUT2D eigenvalue weighted by molar-refractivity contribution is 7.89. The summed E-state index contributed by atoms with van der Waals surface area (Å²) in [5.74, 6) is -0.0880. The Morgan fingerprint density at radius 2 is 1.71 bits per heavy atom. The largest absolute Gasteiger partial charge is 0.482 e. The average Bonchev–Trinajstić information content (AvgIpc) is 2.70. The molecule has 1 aliphatic heterocycles. The molecule has 1 fully saturated rings. The Morgan fingerprint density at radius 3 is 2.39 bits per heavy atom. The van der Waals surface area contributed by atoms with Gasteiger partial charge in [-0.25, -0.2) is 8.42 Å². The van der Waals surface area contributed by atoms with Crippen LogP contribution in [0.15, 0.2) is 47.4 Å². The fourth-order valence-electron chi connectivity index (χ4n) is 2.89. The van der Waals surface area contributed by atoms with E-state index < -0.39 is 15.9 Å². The van der Waals surface area contributed by atoms with E-state index in [0.717, 1.165) is 19.3 Å². The lowest BCUT2D eigenvalue weighted by Crippen LogP contribution is -2.35. The van der Waals surface area contributed by atoms with Crippen LogP contribution < -0.4 is 10.1 Å². The second-order valence-electron chi connectivity index (χ2n) is 6.40. The quantitative estimate of drug-likeness (QED) is 0.727. The van der Waals surface area contributed by atoms with Crippen LogP contribution in [0.1, 0.15) is 19.3 Å². The van der Waals surface area contributed by atoms with Gasteiger partial charge in [0.05, 0.1) is 9.92 Å². The van der Waals surface area contributed by atoms with Gasteiger partial charge in [-0.1, -0.05) is 29.6 Å². The molecule has 6 nitrogen and oxygen atoms in total. The molecule has 0 radical (unpaired) electrons. The van der Waals surface area contributed by atoms with Crippen LogP contribution in [0.4, 0.5) is 5.69 Å². The molecule has 28 heavy (non-hydrogen) atoms. The zero-order valence-electron chi connectivity index (χ0n) is 15.0. The second-order valence-corrected chi connectivity index (χ2v) is 9.18. The smallest absolute Gasteiger partial charge is 0.262 e. The maximum Gasteiger partial charge on any atom is 0.262 e. The van der Waals surface area contributed by atoms with Crippen LogP contribution in [0.25, 0.3) is 0 Å². The molecule has 3 rings (SSSR count). The molecular weight excluding hydrogens is 423 g/mol. The Bertz CT molecular complexity index is 943. The van der Waals surface area contributed by atoms with E-state index in [9.17, 15) is 13.2 Å². The Labute approximate surface area is 174 Å². The van der Waals surface area contributed by atoms with Crippen molar-refractivity contribution >= 4 is 44.8 Å². The standard InChI is InChI=1S/C19H20Cl2N2O4S/c20-14-4-9-17(21)18(12-14)27-13-19(24)22-15-5-7-16(8-6-15)28(25,26)23-10-2-1-3-11-23/h4-9,12H,1-3,10-11,13H2,(H,22,24). The third-order valence-corrected chi connectivity index (χ3v) is 6.80. The van der Waals surface area contributed by atoms with Gasteiger partial charge in [-0.3, -0.25) is 4.79 Å². The fourth-order valence-corrected chi connectivity index (χ4v) is 4.74. The number of piperidine rings is 1. The number of anilines is 1. The minimum Gasteiger partial charge on any atom is -0.482 e. The minimum absolute atomic E-state index is 0.217. The van der Waals surface area contributed by atoms with E-state index in [4.69, 9.17) is 27.9 Å². The summed E-state index contributed by atoms with van der Waals surface area (Å²) in [5, 5.41) is 3.46. The molecule has 0 spiro atoms. The van der Waals surface area contributed by atoms with Crippen molar-refractivity contribution in [1.82, 2.24) is 4.31 Å². The third-order valence-electron chi connectivity index (χ3n) is 4.34. The fraction of sp³-hybridized carbons (Fsp3) is 0.316. The number of benzene rings is 2. The first-order valence-corrected chi connectivity index (χ1v) is 11.0. The van der Waals surface area contributed by atoms with Crippen LogP contribution in [0.3, 0.4) is 0 Å². The van der Waals surface area contributed by atoms with Crippen molar-refractivity contribution in [2.45, 2.75) is 24.2 Å². The number of nitrogens with zero attached hydrogens (tertiary/aromatic N) is 1. The Kier molecular flexibility index (Phi) is 6.82. The molecule has 1 aliphatic rings. The number of sulfonamides is 1. The molecule has 150 valence electrons. The van der Waals surface area contributed by atoms with Crippen molar-refractivity contribution in [3.8, 4) is 5.75 Å². The number of carbonyl (C=O) groups excluding carboxylic acids is 1. The van der Waals surface area contributed by atoms with Crippen LogP contribution in [0, 0.1) is 0 Å². The number of amides is 1. The van der Waals surface area contributed by atoms with E-state index in [1.165, 1.54) is 22.5 Å². The topological polar surface area (TPSA) is 75.7 Å². The highest BCUT2D eigenvalue weighted by atomic mass is 35.5. The molecule has 2 aromatic carbocycles. The van der Waals surface area contributed by atoms with Crippen LogP contribution >= 0.6 is 23.2 Å². The maximum atomic E-state index is 12.6. The maximum absolute atomic E-state index is 12.6. The van der Waals surface area contributed by atoms with Crippen molar-refractivity contribution in [1.29, 1.82) is 0 Å². The van der Waals surface area contributed by atoms with Crippen molar-refractivity contribution < 1.29 is 17.9 Å². The summed E-state index contributed by atoms with van der Waals surface area (Å²) in [5.41, 5.74) is 0.475. The molecule has 1 N–H and O–H groups in total.